The Morgan fingerprint density at radius 1 is 0.614 bits per heavy atom. The average molecular weight is 599 g/mol. The molecular formula is C40H54O4. The van der Waals surface area contributed by atoms with E-state index in [-0.39, 0.29) is 17.4 Å². The van der Waals surface area contributed by atoms with Gasteiger partial charge in [-0.25, -0.2) is 4.79 Å². The van der Waals surface area contributed by atoms with E-state index < -0.39 is 5.97 Å². The molecule has 0 heterocycles. The number of rotatable bonds is 20. The maximum Gasteiger partial charge on any atom is 0.331 e. The normalized spacial score (nSPS) is 12.6. The smallest absolute Gasteiger partial charge is 0.331 e. The number of benzene rings is 3. The largest absolute Gasteiger partial charge is 0.508 e. The van der Waals surface area contributed by atoms with Gasteiger partial charge < -0.3 is 15.3 Å². The predicted octanol–water partition coefficient (Wildman–Crippen LogP) is 11.8. The third kappa shape index (κ3) is 10.6. The number of hydrogen-bond donors (Lipinski definition) is 3. The van der Waals surface area contributed by atoms with Crippen molar-refractivity contribution < 1.29 is 20.1 Å². The van der Waals surface area contributed by atoms with Crippen molar-refractivity contribution in [2.45, 2.75) is 123 Å². The molecule has 238 valence electrons. The molecule has 0 spiro atoms. The van der Waals surface area contributed by atoms with Gasteiger partial charge >= 0.3 is 5.97 Å². The second-order valence-corrected chi connectivity index (χ2v) is 12.3. The number of hydrogen-bond acceptors (Lipinski definition) is 3. The van der Waals surface area contributed by atoms with Crippen molar-refractivity contribution in [3.05, 3.63) is 83.4 Å². The summed E-state index contributed by atoms with van der Waals surface area (Å²) in [5.41, 5.74) is 6.68. The van der Waals surface area contributed by atoms with Crippen LogP contribution in [0.3, 0.4) is 0 Å². The van der Waals surface area contributed by atoms with Gasteiger partial charge in [-0.1, -0.05) is 139 Å². The van der Waals surface area contributed by atoms with Crippen molar-refractivity contribution in [1.82, 2.24) is 0 Å². The Morgan fingerprint density at radius 3 is 1.64 bits per heavy atom. The number of unbranched alkanes of at least 4 members (excludes halogenated alkanes) is 11. The summed E-state index contributed by atoms with van der Waals surface area (Å²) < 4.78 is 0. The van der Waals surface area contributed by atoms with Crippen LogP contribution < -0.4 is 0 Å². The van der Waals surface area contributed by atoms with Crippen molar-refractivity contribution in [2.24, 2.45) is 0 Å². The fraction of sp³-hybridized carbons (Fsp3) is 0.475. The lowest BCUT2D eigenvalue weighted by Crippen LogP contribution is -2.11. The monoisotopic (exact) mass is 598 g/mol. The lowest BCUT2D eigenvalue weighted by Gasteiger charge is -2.25. The minimum atomic E-state index is -0.792. The van der Waals surface area contributed by atoms with E-state index in [1.54, 1.807) is 24.3 Å². The predicted molar refractivity (Wildman–Crippen MR) is 184 cm³/mol. The van der Waals surface area contributed by atoms with Gasteiger partial charge in [0, 0.05) is 11.5 Å². The molecule has 3 aromatic rings. The lowest BCUT2D eigenvalue weighted by molar-refractivity contribution is -0.132. The lowest BCUT2D eigenvalue weighted by atomic mass is 9.79. The van der Waals surface area contributed by atoms with Crippen LogP contribution in [-0.2, 0) is 4.79 Å². The highest BCUT2D eigenvalue weighted by Gasteiger charge is 2.24. The zero-order chi connectivity index (χ0) is 31.7. The molecule has 0 saturated carbocycles. The van der Waals surface area contributed by atoms with Crippen molar-refractivity contribution in [3.63, 3.8) is 0 Å². The van der Waals surface area contributed by atoms with Crippen molar-refractivity contribution in [1.29, 1.82) is 0 Å². The SMILES string of the molecule is CCCCCCCCCCCCC(C(=O)O)=C(CCCCC)C(C)c1cccc(-c2ccc(O)cc2)c1-c1ccc(O)cc1. The molecule has 3 aromatic carbocycles. The molecule has 3 rings (SSSR count). The van der Waals surface area contributed by atoms with Gasteiger partial charge in [0.2, 0.25) is 0 Å². The molecular weight excluding hydrogens is 544 g/mol. The molecule has 0 aliphatic rings. The minimum Gasteiger partial charge on any atom is -0.508 e. The second kappa shape index (κ2) is 19.0. The fourth-order valence-corrected chi connectivity index (χ4v) is 6.34. The molecule has 44 heavy (non-hydrogen) atoms. The van der Waals surface area contributed by atoms with E-state index in [1.807, 2.05) is 30.3 Å². The van der Waals surface area contributed by atoms with Gasteiger partial charge in [0.1, 0.15) is 11.5 Å². The zero-order valence-corrected chi connectivity index (χ0v) is 27.3. The molecule has 4 nitrogen and oxygen atoms in total. The molecule has 0 fully saturated rings. The van der Waals surface area contributed by atoms with Crippen LogP contribution >= 0.6 is 0 Å². The fourth-order valence-electron chi connectivity index (χ4n) is 6.34. The highest BCUT2D eigenvalue weighted by atomic mass is 16.4. The van der Waals surface area contributed by atoms with Crippen LogP contribution in [0.5, 0.6) is 11.5 Å². The van der Waals surface area contributed by atoms with Crippen LogP contribution in [0.25, 0.3) is 22.3 Å². The Kier molecular flexibility index (Phi) is 15.1. The van der Waals surface area contributed by atoms with Crippen LogP contribution in [-0.4, -0.2) is 21.3 Å². The highest BCUT2D eigenvalue weighted by Crippen LogP contribution is 2.43. The molecule has 0 aliphatic carbocycles. The molecule has 0 bridgehead atoms. The number of allylic oxidation sites excluding steroid dienone is 1. The number of aliphatic carboxylic acids is 1. The topological polar surface area (TPSA) is 77.8 Å². The van der Waals surface area contributed by atoms with Gasteiger partial charge in [0.15, 0.2) is 0 Å². The van der Waals surface area contributed by atoms with Crippen molar-refractivity contribution >= 4 is 5.97 Å². The summed E-state index contributed by atoms with van der Waals surface area (Å²) >= 11 is 0. The van der Waals surface area contributed by atoms with E-state index in [1.165, 1.54) is 51.4 Å². The first-order valence-corrected chi connectivity index (χ1v) is 17.0. The minimum absolute atomic E-state index is 0.0954. The first kappa shape index (κ1) is 35.0. The summed E-state index contributed by atoms with van der Waals surface area (Å²) in [5, 5.41) is 30.5. The quantitative estimate of drug-likeness (QED) is 0.0893. The van der Waals surface area contributed by atoms with Gasteiger partial charge in [-0.05, 0) is 77.8 Å². The summed E-state index contributed by atoms with van der Waals surface area (Å²) in [6.45, 7) is 6.58. The second-order valence-electron chi connectivity index (χ2n) is 12.3. The van der Waals surface area contributed by atoms with E-state index in [0.29, 0.717) is 12.0 Å². The van der Waals surface area contributed by atoms with Crippen LogP contribution in [0.1, 0.15) is 129 Å². The number of phenolic OH excluding ortho intramolecular Hbond substituents is 2. The number of carboxylic acid groups (broad SMARTS) is 1. The van der Waals surface area contributed by atoms with Crippen LogP contribution in [0.4, 0.5) is 0 Å². The Hall–Kier alpha value is -3.53. The maximum atomic E-state index is 12.8. The van der Waals surface area contributed by atoms with E-state index in [9.17, 15) is 20.1 Å². The molecule has 1 unspecified atom stereocenters. The third-order valence-electron chi connectivity index (χ3n) is 8.90. The first-order chi connectivity index (χ1) is 21.4. The Bertz CT molecular complexity index is 1300. The zero-order valence-electron chi connectivity index (χ0n) is 27.3. The summed E-state index contributed by atoms with van der Waals surface area (Å²) in [6.07, 6.45) is 16.7. The molecule has 4 heteroatoms. The van der Waals surface area contributed by atoms with Gasteiger partial charge in [-0.15, -0.1) is 0 Å². The number of aromatic hydroxyl groups is 2. The Morgan fingerprint density at radius 2 is 1.09 bits per heavy atom. The van der Waals surface area contributed by atoms with E-state index in [2.05, 4.69) is 32.9 Å². The van der Waals surface area contributed by atoms with E-state index in [4.69, 9.17) is 0 Å². The number of carbonyl (C=O) groups is 1. The van der Waals surface area contributed by atoms with E-state index in [0.717, 1.165) is 71.9 Å². The molecule has 0 aliphatic heterocycles. The number of phenols is 2. The maximum absolute atomic E-state index is 12.8. The molecule has 0 saturated heterocycles. The summed E-state index contributed by atoms with van der Waals surface area (Å²) in [6, 6.07) is 20.7. The van der Waals surface area contributed by atoms with Gasteiger partial charge in [-0.2, -0.15) is 0 Å². The molecule has 0 amide bonds. The summed E-state index contributed by atoms with van der Waals surface area (Å²) in [4.78, 5) is 12.8. The van der Waals surface area contributed by atoms with Gasteiger partial charge in [0.25, 0.3) is 0 Å². The van der Waals surface area contributed by atoms with Gasteiger partial charge in [0.05, 0.1) is 0 Å². The summed E-state index contributed by atoms with van der Waals surface area (Å²) in [7, 11) is 0. The van der Waals surface area contributed by atoms with Crippen LogP contribution in [0.2, 0.25) is 0 Å². The summed E-state index contributed by atoms with van der Waals surface area (Å²) in [5.74, 6) is -0.471. The first-order valence-electron chi connectivity index (χ1n) is 17.0. The average Bonchev–Trinajstić information content (AvgIpc) is 3.02. The van der Waals surface area contributed by atoms with Crippen LogP contribution in [0, 0.1) is 0 Å². The standard InChI is InChI=1S/C40H54O4/c1-4-6-8-9-10-11-12-13-14-16-19-38(40(43)44)35(18-15-7-5-2)30(3)36-20-17-21-37(31-22-26-33(41)27-23-31)39(36)32-24-28-34(42)29-25-32/h17,20-30,41-42H,4-16,18-19H2,1-3H3,(H,43,44). The molecule has 0 radical (unpaired) electrons. The Balaban J connectivity index is 1.93. The number of carboxylic acids is 1. The van der Waals surface area contributed by atoms with E-state index >= 15 is 0 Å². The third-order valence-corrected chi connectivity index (χ3v) is 8.90. The van der Waals surface area contributed by atoms with Crippen molar-refractivity contribution in [2.75, 3.05) is 0 Å². The van der Waals surface area contributed by atoms with Gasteiger partial charge in [-0.3, -0.25) is 0 Å². The molecule has 0 aromatic heterocycles. The van der Waals surface area contributed by atoms with Crippen molar-refractivity contribution in [3.8, 4) is 33.8 Å². The van der Waals surface area contributed by atoms with Crippen LogP contribution in [0.15, 0.2) is 77.9 Å². The molecule has 3 N–H and O–H groups in total. The molecule has 1 atom stereocenters. The Labute approximate surface area is 265 Å². The highest BCUT2D eigenvalue weighted by molar-refractivity contribution is 5.89.